The molecule has 0 saturated heterocycles. The molecule has 0 aliphatic heterocycles. The van der Waals surface area contributed by atoms with Crippen LogP contribution in [0.2, 0.25) is 0 Å². The predicted octanol–water partition coefficient (Wildman–Crippen LogP) is 2.21. The summed E-state index contributed by atoms with van der Waals surface area (Å²) in [6, 6.07) is 4.99. The number of amides is 1. The Morgan fingerprint density at radius 1 is 1.33 bits per heavy atom. The van der Waals surface area contributed by atoms with Gasteiger partial charge >= 0.3 is 5.69 Å². The number of nitrogens with zero attached hydrogens (tertiary/aromatic N) is 1. The van der Waals surface area contributed by atoms with Crippen LogP contribution in [0.5, 0.6) is 0 Å². The van der Waals surface area contributed by atoms with E-state index in [1.54, 1.807) is 25.2 Å². The van der Waals surface area contributed by atoms with E-state index >= 15 is 0 Å². The standard InChI is InChI=1S/C14H22N4O3/c1-10(2)9-17-13(19)7-8-16-12-6-4-5-11(15-3)14(12)18(20)21/h4-6,10,15-16H,7-9H2,1-3H3,(H,17,19). The van der Waals surface area contributed by atoms with Crippen LogP contribution in [0.3, 0.4) is 0 Å². The molecule has 1 rings (SSSR count). The van der Waals surface area contributed by atoms with Crippen molar-refractivity contribution in [2.75, 3.05) is 30.8 Å². The lowest BCUT2D eigenvalue weighted by Gasteiger charge is -2.11. The van der Waals surface area contributed by atoms with Gasteiger partial charge < -0.3 is 16.0 Å². The Bertz CT molecular complexity index is 503. The van der Waals surface area contributed by atoms with Crippen molar-refractivity contribution in [3.05, 3.63) is 28.3 Å². The van der Waals surface area contributed by atoms with Gasteiger partial charge in [0.05, 0.1) is 4.92 Å². The van der Waals surface area contributed by atoms with Gasteiger partial charge in [0, 0.05) is 26.6 Å². The van der Waals surface area contributed by atoms with Crippen LogP contribution in [0.1, 0.15) is 20.3 Å². The SMILES string of the molecule is CNc1cccc(NCCC(=O)NCC(C)C)c1[N+](=O)[O-]. The summed E-state index contributed by atoms with van der Waals surface area (Å²) in [5, 5.41) is 19.7. The lowest BCUT2D eigenvalue weighted by molar-refractivity contribution is -0.383. The van der Waals surface area contributed by atoms with Crippen LogP contribution in [-0.2, 0) is 4.79 Å². The zero-order valence-corrected chi connectivity index (χ0v) is 12.6. The highest BCUT2D eigenvalue weighted by atomic mass is 16.6. The topological polar surface area (TPSA) is 96.3 Å². The minimum absolute atomic E-state index is 0.0115. The molecule has 1 amide bonds. The van der Waals surface area contributed by atoms with Gasteiger partial charge in [0.15, 0.2) is 0 Å². The molecule has 0 heterocycles. The normalized spacial score (nSPS) is 10.3. The van der Waals surface area contributed by atoms with Gasteiger partial charge in [-0.25, -0.2) is 0 Å². The van der Waals surface area contributed by atoms with Crippen molar-refractivity contribution >= 4 is 23.0 Å². The number of carbonyl (C=O) groups excluding carboxylic acids is 1. The third kappa shape index (κ3) is 5.29. The zero-order chi connectivity index (χ0) is 15.8. The molecule has 0 radical (unpaired) electrons. The number of benzene rings is 1. The molecule has 0 bridgehead atoms. The maximum atomic E-state index is 11.6. The second kappa shape index (κ2) is 8.08. The second-order valence-electron chi connectivity index (χ2n) is 5.08. The van der Waals surface area contributed by atoms with Crippen LogP contribution in [0.15, 0.2) is 18.2 Å². The summed E-state index contributed by atoms with van der Waals surface area (Å²) in [4.78, 5) is 22.3. The molecular formula is C14H22N4O3. The molecule has 21 heavy (non-hydrogen) atoms. The monoisotopic (exact) mass is 294 g/mol. The number of nitro benzene ring substituents is 1. The Balaban J connectivity index is 2.60. The van der Waals surface area contributed by atoms with Gasteiger partial charge in [-0.3, -0.25) is 14.9 Å². The Kier molecular flexibility index (Phi) is 6.45. The lowest BCUT2D eigenvalue weighted by Crippen LogP contribution is -2.28. The molecule has 0 saturated carbocycles. The van der Waals surface area contributed by atoms with Crippen molar-refractivity contribution in [3.63, 3.8) is 0 Å². The van der Waals surface area contributed by atoms with Crippen LogP contribution in [0, 0.1) is 16.0 Å². The third-order valence-corrected chi connectivity index (χ3v) is 2.86. The van der Waals surface area contributed by atoms with E-state index in [0.717, 1.165) is 0 Å². The average molecular weight is 294 g/mol. The fourth-order valence-electron chi connectivity index (χ4n) is 1.80. The quantitative estimate of drug-likeness (QED) is 0.504. The number of carbonyl (C=O) groups is 1. The van der Waals surface area contributed by atoms with Crippen LogP contribution >= 0.6 is 0 Å². The van der Waals surface area contributed by atoms with Crippen LogP contribution < -0.4 is 16.0 Å². The number of hydrogen-bond donors (Lipinski definition) is 3. The van der Waals surface area contributed by atoms with Gasteiger partial charge in [0.1, 0.15) is 11.4 Å². The lowest BCUT2D eigenvalue weighted by atomic mass is 10.2. The van der Waals surface area contributed by atoms with E-state index in [9.17, 15) is 14.9 Å². The molecule has 0 fully saturated rings. The third-order valence-electron chi connectivity index (χ3n) is 2.86. The van der Waals surface area contributed by atoms with E-state index < -0.39 is 4.92 Å². The van der Waals surface area contributed by atoms with E-state index in [1.165, 1.54) is 0 Å². The molecule has 7 nitrogen and oxygen atoms in total. The Labute approximate surface area is 124 Å². The van der Waals surface area contributed by atoms with E-state index in [1.807, 2.05) is 13.8 Å². The van der Waals surface area contributed by atoms with E-state index in [2.05, 4.69) is 16.0 Å². The number of nitro groups is 1. The molecule has 0 aliphatic rings. The number of nitrogens with one attached hydrogen (secondary N) is 3. The van der Waals surface area contributed by atoms with Gasteiger partial charge in [0.2, 0.25) is 5.91 Å². The molecular weight excluding hydrogens is 272 g/mol. The number of hydrogen-bond acceptors (Lipinski definition) is 5. The minimum atomic E-state index is -0.437. The molecule has 0 atom stereocenters. The Hall–Kier alpha value is -2.31. The molecule has 7 heteroatoms. The van der Waals surface area contributed by atoms with Gasteiger partial charge in [-0.1, -0.05) is 19.9 Å². The minimum Gasteiger partial charge on any atom is -0.382 e. The van der Waals surface area contributed by atoms with Gasteiger partial charge in [0.25, 0.3) is 0 Å². The van der Waals surface area contributed by atoms with Crippen molar-refractivity contribution < 1.29 is 9.72 Å². The summed E-state index contributed by atoms with van der Waals surface area (Å²) >= 11 is 0. The Morgan fingerprint density at radius 2 is 2.00 bits per heavy atom. The number of rotatable bonds is 8. The molecule has 0 spiro atoms. The van der Waals surface area contributed by atoms with Crippen molar-refractivity contribution in [3.8, 4) is 0 Å². The maximum absolute atomic E-state index is 11.6. The molecule has 3 N–H and O–H groups in total. The van der Waals surface area contributed by atoms with Crippen molar-refractivity contribution in [1.82, 2.24) is 5.32 Å². The fourth-order valence-corrected chi connectivity index (χ4v) is 1.80. The van der Waals surface area contributed by atoms with Gasteiger partial charge in [-0.05, 0) is 18.1 Å². The molecule has 0 aromatic heterocycles. The van der Waals surface area contributed by atoms with Crippen LogP contribution in [0.25, 0.3) is 0 Å². The first-order chi connectivity index (χ1) is 9.95. The number of anilines is 2. The first kappa shape index (κ1) is 16.7. The summed E-state index contributed by atoms with van der Waals surface area (Å²) in [5.41, 5.74) is 0.834. The van der Waals surface area contributed by atoms with E-state index in [0.29, 0.717) is 30.4 Å². The Morgan fingerprint density at radius 3 is 2.57 bits per heavy atom. The summed E-state index contributed by atoms with van der Waals surface area (Å²) in [6.45, 7) is 5.02. The van der Waals surface area contributed by atoms with Crippen molar-refractivity contribution in [2.45, 2.75) is 20.3 Å². The fraction of sp³-hybridized carbons (Fsp3) is 0.500. The average Bonchev–Trinajstić information content (AvgIpc) is 2.44. The zero-order valence-electron chi connectivity index (χ0n) is 12.6. The highest BCUT2D eigenvalue weighted by Crippen LogP contribution is 2.32. The summed E-state index contributed by atoms with van der Waals surface area (Å²) < 4.78 is 0. The summed E-state index contributed by atoms with van der Waals surface area (Å²) in [6.07, 6.45) is 0.271. The summed E-state index contributed by atoms with van der Waals surface area (Å²) in [7, 11) is 1.63. The summed E-state index contributed by atoms with van der Waals surface area (Å²) in [5.74, 6) is 0.332. The first-order valence-electron chi connectivity index (χ1n) is 6.91. The molecule has 0 unspecified atom stereocenters. The second-order valence-corrected chi connectivity index (χ2v) is 5.08. The predicted molar refractivity (Wildman–Crippen MR) is 83.6 cm³/mol. The molecule has 1 aromatic rings. The first-order valence-corrected chi connectivity index (χ1v) is 6.91. The van der Waals surface area contributed by atoms with Crippen LogP contribution in [-0.4, -0.2) is 31.0 Å². The van der Waals surface area contributed by atoms with Crippen LogP contribution in [0.4, 0.5) is 17.1 Å². The van der Waals surface area contributed by atoms with Gasteiger partial charge in [-0.2, -0.15) is 0 Å². The van der Waals surface area contributed by atoms with E-state index in [4.69, 9.17) is 0 Å². The maximum Gasteiger partial charge on any atom is 0.315 e. The smallest absolute Gasteiger partial charge is 0.315 e. The highest BCUT2D eigenvalue weighted by molar-refractivity contribution is 5.78. The van der Waals surface area contributed by atoms with Crippen molar-refractivity contribution in [1.29, 1.82) is 0 Å². The molecule has 116 valence electrons. The highest BCUT2D eigenvalue weighted by Gasteiger charge is 2.18. The molecule has 0 aliphatic carbocycles. The van der Waals surface area contributed by atoms with Crippen molar-refractivity contribution in [2.24, 2.45) is 5.92 Å². The molecule has 1 aromatic carbocycles. The van der Waals surface area contributed by atoms with Gasteiger partial charge in [-0.15, -0.1) is 0 Å². The largest absolute Gasteiger partial charge is 0.382 e. The number of para-hydroxylation sites is 1. The van der Waals surface area contributed by atoms with E-state index in [-0.39, 0.29) is 18.0 Å².